The first-order chi connectivity index (χ1) is 16.6. The van der Waals surface area contributed by atoms with Gasteiger partial charge in [-0.2, -0.15) is 0 Å². The number of carbonyl (C=O) groups is 1. The number of rotatable bonds is 10. The third-order valence-electron chi connectivity index (χ3n) is 6.11. The van der Waals surface area contributed by atoms with Crippen LogP contribution in [0.15, 0.2) is 78.9 Å². The van der Waals surface area contributed by atoms with Crippen LogP contribution in [-0.2, 0) is 19.5 Å². The van der Waals surface area contributed by atoms with E-state index in [9.17, 15) is 4.79 Å². The summed E-state index contributed by atoms with van der Waals surface area (Å²) in [5, 5.41) is 11.3. The minimum Gasteiger partial charge on any atom is -0.493 e. The summed E-state index contributed by atoms with van der Waals surface area (Å²) >= 11 is 0. The lowest BCUT2D eigenvalue weighted by Crippen LogP contribution is -2.42. The number of ether oxygens (including phenoxy) is 2. The first-order valence-electron chi connectivity index (χ1n) is 11.8. The molecule has 0 radical (unpaired) electrons. The van der Waals surface area contributed by atoms with E-state index >= 15 is 0 Å². The summed E-state index contributed by atoms with van der Waals surface area (Å²) in [5.74, 6) is 1.67. The summed E-state index contributed by atoms with van der Waals surface area (Å²) in [5.41, 5.74) is 3.62. The van der Waals surface area contributed by atoms with Gasteiger partial charge in [-0.15, -0.1) is 0 Å². The average molecular weight is 461 g/mol. The highest BCUT2D eigenvalue weighted by Crippen LogP contribution is 2.35. The van der Waals surface area contributed by atoms with Gasteiger partial charge in [0.25, 0.3) is 0 Å². The van der Waals surface area contributed by atoms with E-state index in [0.29, 0.717) is 19.6 Å². The molecule has 2 atom stereocenters. The highest BCUT2D eigenvalue weighted by molar-refractivity contribution is 5.64. The standard InChI is InChI=1S/C28H32N2O4/c1-21(29-28(31)32)15-16-33-26-13-8-14-27-25(26)17-24(20-34-27)30(18-22-9-4-2-5-10-22)19-23-11-6-3-7-12-23/h2-14,21,24,29H,15-20H2,1H3,(H,31,32)/t21?,24-/m0/s1. The monoisotopic (exact) mass is 460 g/mol. The number of benzene rings is 3. The van der Waals surface area contributed by atoms with Crippen molar-refractivity contribution in [1.82, 2.24) is 10.2 Å². The molecule has 3 aromatic rings. The van der Waals surface area contributed by atoms with Crippen molar-refractivity contribution in [2.24, 2.45) is 0 Å². The van der Waals surface area contributed by atoms with Crippen LogP contribution in [0.1, 0.15) is 30.0 Å². The molecule has 1 heterocycles. The van der Waals surface area contributed by atoms with Crippen molar-refractivity contribution in [1.29, 1.82) is 0 Å². The summed E-state index contributed by atoms with van der Waals surface area (Å²) in [6.45, 7) is 4.55. The maximum absolute atomic E-state index is 10.8. The Morgan fingerprint density at radius 1 is 1.03 bits per heavy atom. The van der Waals surface area contributed by atoms with E-state index in [-0.39, 0.29) is 12.1 Å². The summed E-state index contributed by atoms with van der Waals surface area (Å²) in [7, 11) is 0. The summed E-state index contributed by atoms with van der Waals surface area (Å²) in [4.78, 5) is 13.3. The van der Waals surface area contributed by atoms with Gasteiger partial charge in [0.1, 0.15) is 18.1 Å². The molecule has 0 saturated heterocycles. The van der Waals surface area contributed by atoms with E-state index < -0.39 is 6.09 Å². The average Bonchev–Trinajstić information content (AvgIpc) is 2.84. The lowest BCUT2D eigenvalue weighted by atomic mass is 9.99. The number of fused-ring (bicyclic) bond motifs is 1. The Balaban J connectivity index is 1.48. The number of nitrogens with one attached hydrogen (secondary N) is 1. The molecule has 0 spiro atoms. The smallest absolute Gasteiger partial charge is 0.404 e. The largest absolute Gasteiger partial charge is 0.493 e. The summed E-state index contributed by atoms with van der Waals surface area (Å²) in [6.07, 6.45) is 0.403. The van der Waals surface area contributed by atoms with Crippen LogP contribution in [0, 0.1) is 0 Å². The van der Waals surface area contributed by atoms with Crippen LogP contribution < -0.4 is 14.8 Å². The van der Waals surface area contributed by atoms with Crippen molar-refractivity contribution in [3.63, 3.8) is 0 Å². The summed E-state index contributed by atoms with van der Waals surface area (Å²) < 4.78 is 12.3. The van der Waals surface area contributed by atoms with E-state index in [4.69, 9.17) is 14.6 Å². The van der Waals surface area contributed by atoms with E-state index in [0.717, 1.165) is 36.6 Å². The maximum Gasteiger partial charge on any atom is 0.404 e. The van der Waals surface area contributed by atoms with E-state index in [2.05, 4.69) is 58.7 Å². The zero-order valence-corrected chi connectivity index (χ0v) is 19.5. The predicted molar refractivity (Wildman–Crippen MR) is 132 cm³/mol. The van der Waals surface area contributed by atoms with Crippen LogP contribution in [0.4, 0.5) is 4.79 Å². The molecular formula is C28H32N2O4. The third kappa shape index (κ3) is 6.51. The molecule has 0 bridgehead atoms. The molecule has 6 nitrogen and oxygen atoms in total. The topological polar surface area (TPSA) is 71.0 Å². The van der Waals surface area contributed by atoms with Crippen molar-refractivity contribution in [2.45, 2.75) is 44.9 Å². The molecule has 4 rings (SSSR count). The Bertz CT molecular complexity index is 1020. The highest BCUT2D eigenvalue weighted by atomic mass is 16.5. The number of hydrogen-bond acceptors (Lipinski definition) is 4. The number of hydrogen-bond donors (Lipinski definition) is 2. The molecule has 0 aromatic heterocycles. The maximum atomic E-state index is 10.8. The van der Waals surface area contributed by atoms with Crippen molar-refractivity contribution in [2.75, 3.05) is 13.2 Å². The van der Waals surface area contributed by atoms with Crippen LogP contribution >= 0.6 is 0 Å². The van der Waals surface area contributed by atoms with Crippen LogP contribution in [0.5, 0.6) is 11.5 Å². The van der Waals surface area contributed by atoms with Crippen LogP contribution in [0.2, 0.25) is 0 Å². The highest BCUT2D eigenvalue weighted by Gasteiger charge is 2.28. The Labute approximate surface area is 201 Å². The minimum absolute atomic E-state index is 0.173. The van der Waals surface area contributed by atoms with Gasteiger partial charge in [0, 0.05) is 37.2 Å². The Hall–Kier alpha value is -3.51. The first-order valence-corrected chi connectivity index (χ1v) is 11.8. The van der Waals surface area contributed by atoms with E-state index in [1.807, 2.05) is 37.3 Å². The zero-order chi connectivity index (χ0) is 23.8. The number of amides is 1. The second-order valence-corrected chi connectivity index (χ2v) is 8.77. The SMILES string of the molecule is CC(CCOc1cccc2c1C[C@H](N(Cc1ccccc1)Cc1ccccc1)CO2)NC(=O)O. The molecule has 1 amide bonds. The molecule has 3 aromatic carbocycles. The predicted octanol–water partition coefficient (Wildman–Crippen LogP) is 5.12. The second kappa shape index (κ2) is 11.6. The summed E-state index contributed by atoms with van der Waals surface area (Å²) in [6, 6.07) is 27.0. The molecule has 1 aliphatic rings. The molecule has 0 fully saturated rings. The van der Waals surface area contributed by atoms with Gasteiger partial charge in [-0.3, -0.25) is 4.90 Å². The molecule has 178 valence electrons. The van der Waals surface area contributed by atoms with Gasteiger partial charge >= 0.3 is 6.09 Å². The fourth-order valence-corrected chi connectivity index (χ4v) is 4.31. The van der Waals surface area contributed by atoms with Gasteiger partial charge in [0.15, 0.2) is 0 Å². The van der Waals surface area contributed by atoms with Crippen molar-refractivity contribution >= 4 is 6.09 Å². The lowest BCUT2D eigenvalue weighted by Gasteiger charge is -2.36. The van der Waals surface area contributed by atoms with Gasteiger partial charge in [-0.1, -0.05) is 66.7 Å². The number of carboxylic acid groups (broad SMARTS) is 1. The Morgan fingerprint density at radius 2 is 1.68 bits per heavy atom. The molecular weight excluding hydrogens is 428 g/mol. The van der Waals surface area contributed by atoms with Crippen molar-refractivity contribution in [3.8, 4) is 11.5 Å². The fraction of sp³-hybridized carbons (Fsp3) is 0.321. The lowest BCUT2D eigenvalue weighted by molar-refractivity contribution is 0.104. The molecule has 1 aliphatic heterocycles. The van der Waals surface area contributed by atoms with Gasteiger partial charge in [0.2, 0.25) is 0 Å². The van der Waals surface area contributed by atoms with E-state index in [1.165, 1.54) is 11.1 Å². The van der Waals surface area contributed by atoms with Gasteiger partial charge in [0.05, 0.1) is 6.61 Å². The Kier molecular flexibility index (Phi) is 8.04. The zero-order valence-electron chi connectivity index (χ0n) is 19.5. The number of nitrogens with zero attached hydrogens (tertiary/aromatic N) is 1. The fourth-order valence-electron chi connectivity index (χ4n) is 4.31. The van der Waals surface area contributed by atoms with Gasteiger partial charge < -0.3 is 19.9 Å². The van der Waals surface area contributed by atoms with E-state index in [1.54, 1.807) is 0 Å². The van der Waals surface area contributed by atoms with Crippen LogP contribution in [0.3, 0.4) is 0 Å². The van der Waals surface area contributed by atoms with Crippen LogP contribution in [-0.4, -0.2) is 41.4 Å². The normalized spacial score (nSPS) is 15.8. The van der Waals surface area contributed by atoms with Crippen LogP contribution in [0.25, 0.3) is 0 Å². The molecule has 34 heavy (non-hydrogen) atoms. The molecule has 0 aliphatic carbocycles. The molecule has 2 N–H and O–H groups in total. The minimum atomic E-state index is -1.02. The van der Waals surface area contributed by atoms with Gasteiger partial charge in [-0.05, 0) is 36.6 Å². The molecule has 6 heteroatoms. The second-order valence-electron chi connectivity index (χ2n) is 8.77. The van der Waals surface area contributed by atoms with Crippen molar-refractivity contribution < 1.29 is 19.4 Å². The quantitative estimate of drug-likeness (QED) is 0.440. The van der Waals surface area contributed by atoms with Crippen molar-refractivity contribution in [3.05, 3.63) is 95.6 Å². The third-order valence-corrected chi connectivity index (χ3v) is 6.11. The Morgan fingerprint density at radius 3 is 2.29 bits per heavy atom. The first kappa shape index (κ1) is 23.6. The van der Waals surface area contributed by atoms with Gasteiger partial charge in [-0.25, -0.2) is 4.79 Å². The molecule has 1 unspecified atom stereocenters. The molecule has 0 saturated carbocycles.